The van der Waals surface area contributed by atoms with Gasteiger partial charge in [-0.1, -0.05) is 43.0 Å². The molecule has 0 radical (unpaired) electrons. The van der Waals surface area contributed by atoms with Crippen molar-refractivity contribution in [3.8, 4) is 0 Å². The number of hydrogen-bond donors (Lipinski definition) is 0. The maximum absolute atomic E-state index is 3.63. The second kappa shape index (κ2) is 10.2. The number of hydrogen-bond acceptors (Lipinski definition) is 0. The first kappa shape index (κ1) is 17.4. The molecule has 11 heavy (non-hydrogen) atoms. The van der Waals surface area contributed by atoms with E-state index in [-0.39, 0.29) is 45.9 Å². The van der Waals surface area contributed by atoms with Crippen LogP contribution in [0.15, 0.2) is 36.9 Å². The van der Waals surface area contributed by atoms with Crippen molar-refractivity contribution in [2.24, 2.45) is 0 Å². The fourth-order valence-electron chi connectivity index (χ4n) is 0.589. The average Bonchev–Trinajstić information content (AvgIpc) is 1.90. The smallest absolute Gasteiger partial charge is 1.00 e. The van der Waals surface area contributed by atoms with E-state index in [4.69, 9.17) is 0 Å². The Balaban J connectivity index is -0.000000213. The molecule has 0 N–H and O–H groups in total. The Bertz CT molecular complexity index is 175. The van der Waals surface area contributed by atoms with Crippen LogP contribution in [-0.4, -0.2) is 0 Å². The normalized spacial score (nSPS) is 6.18. The Kier molecular flexibility index (Phi) is 16.1. The minimum atomic E-state index is 0. The minimum Gasteiger partial charge on any atom is -1.00 e. The van der Waals surface area contributed by atoms with Crippen molar-refractivity contribution in [2.45, 2.75) is 0 Å². The molecule has 0 nitrogen and oxygen atoms in total. The van der Waals surface area contributed by atoms with Crippen molar-refractivity contribution in [3.63, 3.8) is 0 Å². The molecule has 0 atom stereocenters. The molecule has 0 saturated heterocycles. The molecule has 0 saturated carbocycles. The molecule has 0 aliphatic carbocycles. The van der Waals surface area contributed by atoms with Gasteiger partial charge in [0.1, 0.15) is 0 Å². The van der Waals surface area contributed by atoms with Gasteiger partial charge in [0.25, 0.3) is 0 Å². The minimum absolute atomic E-state index is 0. The molecule has 0 aliphatic rings. The maximum atomic E-state index is 3.63. The van der Waals surface area contributed by atoms with E-state index in [0.717, 1.165) is 0 Å². The summed E-state index contributed by atoms with van der Waals surface area (Å²) in [6.07, 6.45) is 1.83. The Morgan fingerprint density at radius 1 is 1.00 bits per heavy atom. The maximum Gasteiger partial charge on any atom is 2.00 e. The van der Waals surface area contributed by atoms with Crippen LogP contribution < -0.4 is 24.8 Å². The van der Waals surface area contributed by atoms with E-state index >= 15 is 0 Å². The number of halogens is 2. The van der Waals surface area contributed by atoms with E-state index in [1.807, 2.05) is 36.4 Å². The molecule has 1 rings (SSSR count). The predicted molar refractivity (Wildman–Crippen MR) is 36.5 cm³/mol. The molecule has 0 unspecified atom stereocenters. The van der Waals surface area contributed by atoms with Crippen LogP contribution in [0.4, 0.5) is 0 Å². The summed E-state index contributed by atoms with van der Waals surface area (Å²) >= 11 is 0. The summed E-state index contributed by atoms with van der Waals surface area (Å²) in [7, 11) is 0. The first-order chi connectivity index (χ1) is 3.93. The molecule has 0 fully saturated rings. The van der Waals surface area contributed by atoms with Gasteiger partial charge in [-0.3, -0.25) is 0 Å². The summed E-state index contributed by atoms with van der Waals surface area (Å²) in [5.41, 5.74) is 1.17. The van der Waals surface area contributed by atoms with Crippen LogP contribution >= 0.6 is 0 Å². The first-order valence-corrected chi connectivity index (χ1v) is 2.61. The largest absolute Gasteiger partial charge is 2.00 e. The third kappa shape index (κ3) is 6.62. The van der Waals surface area contributed by atoms with Gasteiger partial charge in [0.15, 0.2) is 0 Å². The Morgan fingerprint density at radius 3 is 1.73 bits per heavy atom. The molecule has 64 valence electrons. The van der Waals surface area contributed by atoms with Gasteiger partial charge in [0.05, 0.1) is 0 Å². The van der Waals surface area contributed by atoms with Gasteiger partial charge in [-0.05, 0) is 5.56 Å². The fraction of sp³-hybridized carbons (Fsp3) is 0. The molecule has 0 bridgehead atoms. The fourth-order valence-corrected chi connectivity index (χ4v) is 0.589. The summed E-state index contributed by atoms with van der Waals surface area (Å²) < 4.78 is 0. The molecular formula is C8H8Cl2Pt. The summed E-state index contributed by atoms with van der Waals surface area (Å²) in [4.78, 5) is 0. The Morgan fingerprint density at radius 2 is 1.45 bits per heavy atom. The zero-order chi connectivity index (χ0) is 5.82. The van der Waals surface area contributed by atoms with Crippen molar-refractivity contribution in [3.05, 3.63) is 42.5 Å². The SMILES string of the molecule is C=Cc1ccccc1.[Cl-].[Cl-].[Pt+2]. The van der Waals surface area contributed by atoms with Crippen LogP contribution in [0.25, 0.3) is 6.08 Å². The molecule has 0 spiro atoms. The van der Waals surface area contributed by atoms with Crippen LogP contribution in [0.2, 0.25) is 0 Å². The van der Waals surface area contributed by atoms with Gasteiger partial charge in [0, 0.05) is 0 Å². The second-order valence-corrected chi connectivity index (χ2v) is 1.61. The van der Waals surface area contributed by atoms with E-state index in [9.17, 15) is 0 Å². The van der Waals surface area contributed by atoms with Crippen LogP contribution in [0.3, 0.4) is 0 Å². The van der Waals surface area contributed by atoms with Crippen LogP contribution in [0.1, 0.15) is 5.56 Å². The third-order valence-corrected chi connectivity index (χ3v) is 1.04. The van der Waals surface area contributed by atoms with Crippen molar-refractivity contribution in [1.29, 1.82) is 0 Å². The van der Waals surface area contributed by atoms with Crippen molar-refractivity contribution in [1.82, 2.24) is 0 Å². The molecule has 0 amide bonds. The summed E-state index contributed by atoms with van der Waals surface area (Å²) in [6, 6.07) is 10.0. The molecular weight excluding hydrogens is 362 g/mol. The molecule has 0 heterocycles. The van der Waals surface area contributed by atoms with Crippen LogP contribution in [0, 0.1) is 0 Å². The number of rotatable bonds is 1. The van der Waals surface area contributed by atoms with Gasteiger partial charge in [0.2, 0.25) is 0 Å². The van der Waals surface area contributed by atoms with E-state index in [1.165, 1.54) is 5.56 Å². The second-order valence-electron chi connectivity index (χ2n) is 1.61. The van der Waals surface area contributed by atoms with Crippen LogP contribution in [0.5, 0.6) is 0 Å². The third-order valence-electron chi connectivity index (χ3n) is 1.04. The number of benzene rings is 1. The van der Waals surface area contributed by atoms with E-state index in [0.29, 0.717) is 0 Å². The van der Waals surface area contributed by atoms with Gasteiger partial charge in [-0.15, -0.1) is 0 Å². The monoisotopic (exact) mass is 369 g/mol. The van der Waals surface area contributed by atoms with E-state index in [2.05, 4.69) is 6.58 Å². The van der Waals surface area contributed by atoms with Gasteiger partial charge in [-0.25, -0.2) is 0 Å². The summed E-state index contributed by atoms with van der Waals surface area (Å²) in [5, 5.41) is 0. The molecule has 3 heteroatoms. The summed E-state index contributed by atoms with van der Waals surface area (Å²) in [6.45, 7) is 3.63. The average molecular weight is 370 g/mol. The Labute approximate surface area is 94.2 Å². The molecule has 0 aliphatic heterocycles. The predicted octanol–water partition coefficient (Wildman–Crippen LogP) is -3.66. The Hall–Kier alpha value is 0.228. The molecule has 1 aromatic rings. The molecule has 0 aromatic heterocycles. The zero-order valence-corrected chi connectivity index (χ0v) is 9.53. The van der Waals surface area contributed by atoms with E-state index < -0.39 is 0 Å². The van der Waals surface area contributed by atoms with E-state index in [1.54, 1.807) is 0 Å². The van der Waals surface area contributed by atoms with Gasteiger partial charge < -0.3 is 24.8 Å². The quantitative estimate of drug-likeness (QED) is 0.478. The van der Waals surface area contributed by atoms with Crippen molar-refractivity contribution >= 4 is 6.08 Å². The van der Waals surface area contributed by atoms with Crippen LogP contribution in [-0.2, 0) is 21.1 Å². The van der Waals surface area contributed by atoms with Gasteiger partial charge >= 0.3 is 21.1 Å². The summed E-state index contributed by atoms with van der Waals surface area (Å²) in [5.74, 6) is 0. The first-order valence-electron chi connectivity index (χ1n) is 2.61. The van der Waals surface area contributed by atoms with Crippen molar-refractivity contribution < 1.29 is 45.9 Å². The van der Waals surface area contributed by atoms with Gasteiger partial charge in [-0.2, -0.15) is 0 Å². The zero-order valence-electron chi connectivity index (χ0n) is 5.74. The standard InChI is InChI=1S/C8H8.2ClH.Pt/c1-2-8-6-4-3-5-7-8;;;/h2-7H,1H2;2*1H;/q;;;+2/p-2. The molecule has 1 aromatic carbocycles. The van der Waals surface area contributed by atoms with Crippen molar-refractivity contribution in [2.75, 3.05) is 0 Å². The topological polar surface area (TPSA) is 0 Å².